The molecule has 0 radical (unpaired) electrons. The number of rotatable bonds is 6. The highest BCUT2D eigenvalue weighted by Crippen LogP contribution is 2.60. The smallest absolute Gasteiger partial charge is 0.0811 e. The molecule has 0 spiro atoms. The van der Waals surface area contributed by atoms with Crippen LogP contribution in [0.5, 0.6) is 0 Å². The van der Waals surface area contributed by atoms with Gasteiger partial charge in [-0.25, -0.2) is 0 Å². The van der Waals surface area contributed by atoms with Gasteiger partial charge in [0.05, 0.1) is 17.8 Å². The predicted molar refractivity (Wildman–Crippen MR) is 124 cm³/mol. The van der Waals surface area contributed by atoms with Gasteiger partial charge in [0.2, 0.25) is 0 Å². The van der Waals surface area contributed by atoms with Gasteiger partial charge in [-0.15, -0.1) is 0 Å². The number of hydrogen-bond acceptors (Lipinski definition) is 3. The van der Waals surface area contributed by atoms with Crippen LogP contribution in [0, 0.1) is 23.2 Å². The summed E-state index contributed by atoms with van der Waals surface area (Å²) < 4.78 is 0. The largest absolute Gasteiger partial charge is 0.393 e. The second-order valence-electron chi connectivity index (χ2n) is 11.3. The molecule has 30 heavy (non-hydrogen) atoms. The van der Waals surface area contributed by atoms with Crippen molar-refractivity contribution in [2.24, 2.45) is 23.2 Å². The van der Waals surface area contributed by atoms with Crippen molar-refractivity contribution in [3.8, 4) is 0 Å². The first-order valence-electron chi connectivity index (χ1n) is 12.2. The maximum atomic E-state index is 10.1. The van der Waals surface area contributed by atoms with E-state index in [1.54, 1.807) is 5.57 Å². The molecule has 0 aromatic heterocycles. The summed E-state index contributed by atoms with van der Waals surface area (Å²) in [5, 5.41) is 30.2. The molecule has 0 bridgehead atoms. The second kappa shape index (κ2) is 9.30. The summed E-state index contributed by atoms with van der Waals surface area (Å²) in [6, 6.07) is 0. The minimum absolute atomic E-state index is 0.374. The van der Waals surface area contributed by atoms with Crippen molar-refractivity contribution in [3.05, 3.63) is 35.5 Å². The van der Waals surface area contributed by atoms with Crippen LogP contribution in [0.25, 0.3) is 0 Å². The third-order valence-electron chi connectivity index (χ3n) is 8.44. The summed E-state index contributed by atoms with van der Waals surface area (Å²) in [5.41, 5.74) is 3.17. The average Bonchev–Trinajstić information content (AvgIpc) is 3.00. The van der Waals surface area contributed by atoms with Crippen molar-refractivity contribution < 1.29 is 15.3 Å². The third-order valence-corrected chi connectivity index (χ3v) is 8.44. The van der Waals surface area contributed by atoms with Crippen LogP contribution in [0.4, 0.5) is 0 Å². The predicted octanol–water partition coefficient (Wildman–Crippen LogP) is 5.70. The first-order valence-corrected chi connectivity index (χ1v) is 12.2. The van der Waals surface area contributed by atoms with Crippen LogP contribution in [0.2, 0.25) is 0 Å². The summed E-state index contributed by atoms with van der Waals surface area (Å²) in [6.07, 6.45) is 13.9. The third kappa shape index (κ3) is 5.29. The Morgan fingerprint density at radius 3 is 2.67 bits per heavy atom. The van der Waals surface area contributed by atoms with E-state index in [-0.39, 0.29) is 0 Å². The van der Waals surface area contributed by atoms with Gasteiger partial charge in [0.1, 0.15) is 0 Å². The molecule has 3 aliphatic carbocycles. The normalized spacial score (nSPS) is 38.8. The maximum absolute atomic E-state index is 10.1. The van der Waals surface area contributed by atoms with Crippen molar-refractivity contribution in [2.45, 2.75) is 110 Å². The van der Waals surface area contributed by atoms with Gasteiger partial charge in [-0.05, 0) is 93.1 Å². The van der Waals surface area contributed by atoms with Gasteiger partial charge in [0, 0.05) is 6.42 Å². The van der Waals surface area contributed by atoms with Gasteiger partial charge in [-0.3, -0.25) is 0 Å². The number of fused-ring (bicyclic) bond motifs is 1. The zero-order valence-electron chi connectivity index (χ0n) is 19.7. The minimum Gasteiger partial charge on any atom is -0.393 e. The fraction of sp³-hybridized carbons (Fsp3) is 0.778. The standard InChI is InChI=1S/C27H44O3/c1-18(8-6-14-26(3,4)30)23-12-13-24-20(9-7-15-27(23,24)5)10-11-21-16-22(28)17-25(29)19(21)2/h10-11,18,22-25,28-30H,2,6-9,12-17H2,1,3-5H3/b20-10-,21-11-/t18?,22?,23?,24?,25-,27-/m0/s1. The van der Waals surface area contributed by atoms with E-state index in [1.165, 1.54) is 38.5 Å². The van der Waals surface area contributed by atoms with E-state index in [0.717, 1.165) is 29.9 Å². The van der Waals surface area contributed by atoms with Crippen LogP contribution in [0.1, 0.15) is 91.9 Å². The topological polar surface area (TPSA) is 60.7 Å². The Labute approximate surface area is 184 Å². The van der Waals surface area contributed by atoms with Crippen molar-refractivity contribution in [2.75, 3.05) is 0 Å². The minimum atomic E-state index is -0.615. The Morgan fingerprint density at radius 1 is 1.23 bits per heavy atom. The van der Waals surface area contributed by atoms with E-state index >= 15 is 0 Å². The molecule has 0 saturated heterocycles. The molecular formula is C27H44O3. The van der Waals surface area contributed by atoms with Crippen LogP contribution in [0.15, 0.2) is 35.5 Å². The summed E-state index contributed by atoms with van der Waals surface area (Å²) >= 11 is 0. The van der Waals surface area contributed by atoms with Gasteiger partial charge in [-0.2, -0.15) is 0 Å². The lowest BCUT2D eigenvalue weighted by Crippen LogP contribution is -2.36. The van der Waals surface area contributed by atoms with Crippen molar-refractivity contribution >= 4 is 0 Å². The Balaban J connectivity index is 1.70. The van der Waals surface area contributed by atoms with E-state index in [1.807, 2.05) is 13.8 Å². The SMILES string of the molecule is C=C1/C(=C\C=C2\CCC[C@]3(C)C2CCC3C(C)CCCC(C)(C)O)CC(O)C[C@@H]1O. The molecule has 3 nitrogen and oxygen atoms in total. The molecule has 3 rings (SSSR count). The summed E-state index contributed by atoms with van der Waals surface area (Å²) in [4.78, 5) is 0. The number of allylic oxidation sites excluding steroid dienone is 3. The Hall–Kier alpha value is -0.900. The highest BCUT2D eigenvalue weighted by molar-refractivity contribution is 5.38. The summed E-state index contributed by atoms with van der Waals surface area (Å²) in [6.45, 7) is 12.8. The van der Waals surface area contributed by atoms with E-state index in [4.69, 9.17) is 0 Å². The molecule has 3 N–H and O–H groups in total. The summed E-state index contributed by atoms with van der Waals surface area (Å²) in [7, 11) is 0. The fourth-order valence-electron chi connectivity index (χ4n) is 6.74. The Bertz CT molecular complexity index is 683. The molecule has 0 aromatic rings. The molecular weight excluding hydrogens is 372 g/mol. The summed E-state index contributed by atoms with van der Waals surface area (Å²) in [5.74, 6) is 2.11. The average molecular weight is 417 g/mol. The van der Waals surface area contributed by atoms with Crippen molar-refractivity contribution in [1.82, 2.24) is 0 Å². The first-order chi connectivity index (χ1) is 14.0. The lowest BCUT2D eigenvalue weighted by Gasteiger charge is -2.44. The molecule has 0 heterocycles. The number of aliphatic hydroxyl groups excluding tert-OH is 2. The Morgan fingerprint density at radius 2 is 1.97 bits per heavy atom. The monoisotopic (exact) mass is 416 g/mol. The van der Waals surface area contributed by atoms with Gasteiger partial charge in [0.15, 0.2) is 0 Å². The van der Waals surface area contributed by atoms with Gasteiger partial charge in [-0.1, -0.05) is 51.0 Å². The van der Waals surface area contributed by atoms with Crippen LogP contribution in [-0.4, -0.2) is 33.1 Å². The van der Waals surface area contributed by atoms with E-state index in [9.17, 15) is 15.3 Å². The van der Waals surface area contributed by atoms with Crippen LogP contribution >= 0.6 is 0 Å². The molecule has 6 atom stereocenters. The van der Waals surface area contributed by atoms with Crippen molar-refractivity contribution in [3.63, 3.8) is 0 Å². The molecule has 0 aliphatic heterocycles. The van der Waals surface area contributed by atoms with Gasteiger partial charge in [0.25, 0.3) is 0 Å². The molecule has 3 heteroatoms. The zero-order valence-corrected chi connectivity index (χ0v) is 19.7. The first kappa shape index (κ1) is 23.8. The van der Waals surface area contributed by atoms with Crippen LogP contribution in [-0.2, 0) is 0 Å². The van der Waals surface area contributed by atoms with Crippen molar-refractivity contribution in [1.29, 1.82) is 0 Å². The second-order valence-corrected chi connectivity index (χ2v) is 11.3. The fourth-order valence-corrected chi connectivity index (χ4v) is 6.74. The van der Waals surface area contributed by atoms with Gasteiger partial charge >= 0.3 is 0 Å². The van der Waals surface area contributed by atoms with Gasteiger partial charge < -0.3 is 15.3 Å². The molecule has 3 saturated carbocycles. The highest BCUT2D eigenvalue weighted by atomic mass is 16.3. The lowest BCUT2D eigenvalue weighted by atomic mass is 9.60. The number of hydrogen-bond donors (Lipinski definition) is 3. The maximum Gasteiger partial charge on any atom is 0.0811 e. The van der Waals surface area contributed by atoms with E-state index < -0.39 is 17.8 Å². The van der Waals surface area contributed by atoms with Crippen LogP contribution in [0.3, 0.4) is 0 Å². The number of aliphatic hydroxyl groups is 3. The van der Waals surface area contributed by atoms with Crippen LogP contribution < -0.4 is 0 Å². The molecule has 3 aliphatic rings. The molecule has 0 aromatic carbocycles. The van der Waals surface area contributed by atoms with E-state index in [0.29, 0.717) is 30.1 Å². The molecule has 0 amide bonds. The molecule has 4 unspecified atom stereocenters. The molecule has 170 valence electrons. The lowest BCUT2D eigenvalue weighted by molar-refractivity contribution is 0.0596. The highest BCUT2D eigenvalue weighted by Gasteiger charge is 2.50. The van der Waals surface area contributed by atoms with E-state index in [2.05, 4.69) is 32.6 Å². The molecule has 3 fully saturated rings. The zero-order chi connectivity index (χ0) is 22.1. The Kier molecular flexibility index (Phi) is 7.37. The quantitative estimate of drug-likeness (QED) is 0.520.